The molecule has 3 N–H and O–H groups in total. The van der Waals surface area contributed by atoms with Gasteiger partial charge in [0.1, 0.15) is 6.04 Å². The number of nitrogens with zero attached hydrogens (tertiary/aromatic N) is 1. The lowest BCUT2D eigenvalue weighted by molar-refractivity contribution is -0.155. The van der Waals surface area contributed by atoms with Crippen molar-refractivity contribution in [2.75, 3.05) is 6.54 Å². The van der Waals surface area contributed by atoms with E-state index in [0.717, 1.165) is 12.8 Å². The minimum absolute atomic E-state index is 0.00792. The molecule has 0 bridgehead atoms. The Kier molecular flexibility index (Phi) is 5.14. The zero-order chi connectivity index (χ0) is 13.9. The van der Waals surface area contributed by atoms with E-state index in [0.29, 0.717) is 18.9 Å². The number of carboxylic acid groups (broad SMARTS) is 1. The second-order valence-electron chi connectivity index (χ2n) is 5.67. The number of carbonyl (C=O) groups excluding carboxylic acids is 1. The van der Waals surface area contributed by atoms with Gasteiger partial charge in [-0.2, -0.15) is 0 Å². The summed E-state index contributed by atoms with van der Waals surface area (Å²) in [4.78, 5) is 25.0. The molecule has 0 saturated carbocycles. The normalized spacial score (nSPS) is 26.2. The van der Waals surface area contributed by atoms with E-state index in [9.17, 15) is 14.7 Å². The quantitative estimate of drug-likeness (QED) is 0.788. The molecule has 0 aliphatic carbocycles. The van der Waals surface area contributed by atoms with Gasteiger partial charge in [0.05, 0.1) is 6.04 Å². The Morgan fingerprint density at radius 1 is 1.44 bits per heavy atom. The van der Waals surface area contributed by atoms with Crippen LogP contribution in [0, 0.1) is 11.8 Å². The van der Waals surface area contributed by atoms with Crippen molar-refractivity contribution in [3.8, 4) is 0 Å². The van der Waals surface area contributed by atoms with Gasteiger partial charge < -0.3 is 15.7 Å². The molecule has 5 heteroatoms. The van der Waals surface area contributed by atoms with Crippen molar-refractivity contribution in [3.05, 3.63) is 0 Å². The van der Waals surface area contributed by atoms with E-state index in [1.165, 1.54) is 4.90 Å². The van der Waals surface area contributed by atoms with Gasteiger partial charge in [-0.3, -0.25) is 4.79 Å². The number of piperidine rings is 1. The van der Waals surface area contributed by atoms with Crippen LogP contribution in [0.1, 0.15) is 40.0 Å². The lowest BCUT2D eigenvalue weighted by Crippen LogP contribution is -2.56. The van der Waals surface area contributed by atoms with E-state index in [2.05, 4.69) is 0 Å². The maximum absolute atomic E-state index is 12.2. The monoisotopic (exact) mass is 256 g/mol. The number of amides is 1. The Bertz CT molecular complexity index is 317. The number of aliphatic carboxylic acids is 1. The predicted octanol–water partition coefficient (Wildman–Crippen LogP) is 1.07. The van der Waals surface area contributed by atoms with E-state index in [1.54, 1.807) is 0 Å². The van der Waals surface area contributed by atoms with Gasteiger partial charge in [0.25, 0.3) is 0 Å². The Morgan fingerprint density at radius 2 is 2.06 bits per heavy atom. The summed E-state index contributed by atoms with van der Waals surface area (Å²) in [6.45, 7) is 6.39. The fourth-order valence-electron chi connectivity index (χ4n) is 2.63. The molecule has 18 heavy (non-hydrogen) atoms. The maximum Gasteiger partial charge on any atom is 0.326 e. The van der Waals surface area contributed by atoms with Crippen molar-refractivity contribution < 1.29 is 14.7 Å². The summed E-state index contributed by atoms with van der Waals surface area (Å²) in [5, 5.41) is 9.26. The van der Waals surface area contributed by atoms with Crippen LogP contribution in [0.5, 0.6) is 0 Å². The number of carbonyl (C=O) groups is 2. The van der Waals surface area contributed by atoms with E-state index in [1.807, 2.05) is 20.8 Å². The minimum atomic E-state index is -0.924. The van der Waals surface area contributed by atoms with Crippen LogP contribution in [0.4, 0.5) is 0 Å². The zero-order valence-electron chi connectivity index (χ0n) is 11.4. The Balaban J connectivity index is 2.78. The van der Waals surface area contributed by atoms with Gasteiger partial charge in [-0.15, -0.1) is 0 Å². The molecule has 104 valence electrons. The second kappa shape index (κ2) is 6.18. The average Bonchev–Trinajstić information content (AvgIpc) is 2.26. The first-order valence-electron chi connectivity index (χ1n) is 6.63. The molecule has 5 nitrogen and oxygen atoms in total. The Hall–Kier alpha value is -1.10. The molecule has 3 atom stereocenters. The average molecular weight is 256 g/mol. The van der Waals surface area contributed by atoms with Crippen LogP contribution >= 0.6 is 0 Å². The molecular formula is C13H24N2O3. The van der Waals surface area contributed by atoms with E-state index >= 15 is 0 Å². The lowest BCUT2D eigenvalue weighted by Gasteiger charge is -2.38. The SMILES string of the molecule is CC(C)C[C@H](N)C(=O)N1CCCC(C)C1C(=O)O. The number of likely N-dealkylation sites (tertiary alicyclic amines) is 1. The summed E-state index contributed by atoms with van der Waals surface area (Å²) < 4.78 is 0. The van der Waals surface area contributed by atoms with Gasteiger partial charge in [0.15, 0.2) is 0 Å². The van der Waals surface area contributed by atoms with Gasteiger partial charge >= 0.3 is 5.97 Å². The first kappa shape index (κ1) is 15.0. The summed E-state index contributed by atoms with van der Waals surface area (Å²) in [6, 6.07) is -1.30. The van der Waals surface area contributed by atoms with Crippen molar-refractivity contribution in [2.45, 2.75) is 52.1 Å². The van der Waals surface area contributed by atoms with Crippen LogP contribution in [0.2, 0.25) is 0 Å². The predicted molar refractivity (Wildman–Crippen MR) is 69.0 cm³/mol. The standard InChI is InChI=1S/C13H24N2O3/c1-8(2)7-10(14)12(16)15-6-4-5-9(3)11(15)13(17)18/h8-11H,4-7,14H2,1-3H3,(H,17,18)/t9?,10-,11?/m0/s1. The minimum Gasteiger partial charge on any atom is -0.480 e. The molecule has 0 radical (unpaired) electrons. The van der Waals surface area contributed by atoms with Crippen molar-refractivity contribution >= 4 is 11.9 Å². The van der Waals surface area contributed by atoms with Gasteiger partial charge in [0.2, 0.25) is 5.91 Å². The zero-order valence-corrected chi connectivity index (χ0v) is 11.4. The maximum atomic E-state index is 12.2. The number of carboxylic acids is 1. The van der Waals surface area contributed by atoms with Gasteiger partial charge in [-0.1, -0.05) is 20.8 Å². The van der Waals surface area contributed by atoms with Crippen LogP contribution in [-0.2, 0) is 9.59 Å². The molecule has 1 heterocycles. The highest BCUT2D eigenvalue weighted by Gasteiger charge is 2.38. The molecule has 2 unspecified atom stereocenters. The van der Waals surface area contributed by atoms with Crippen LogP contribution in [-0.4, -0.2) is 40.5 Å². The van der Waals surface area contributed by atoms with E-state index in [4.69, 9.17) is 5.73 Å². The topological polar surface area (TPSA) is 83.6 Å². The summed E-state index contributed by atoms with van der Waals surface area (Å²) in [7, 11) is 0. The first-order chi connectivity index (χ1) is 8.34. The fraction of sp³-hybridized carbons (Fsp3) is 0.846. The van der Waals surface area contributed by atoms with Crippen molar-refractivity contribution in [2.24, 2.45) is 17.6 Å². The Morgan fingerprint density at radius 3 is 2.56 bits per heavy atom. The molecule has 0 aromatic rings. The molecule has 1 aliphatic rings. The molecule has 1 fully saturated rings. The molecule has 0 aromatic carbocycles. The highest BCUT2D eigenvalue weighted by Crippen LogP contribution is 2.24. The second-order valence-corrected chi connectivity index (χ2v) is 5.67. The van der Waals surface area contributed by atoms with Crippen LogP contribution < -0.4 is 5.73 Å². The van der Waals surface area contributed by atoms with Crippen LogP contribution in [0.15, 0.2) is 0 Å². The third-order valence-corrected chi connectivity index (χ3v) is 3.51. The van der Waals surface area contributed by atoms with Gasteiger partial charge in [-0.05, 0) is 31.1 Å². The molecule has 1 saturated heterocycles. The number of hydrogen-bond donors (Lipinski definition) is 2. The molecule has 1 rings (SSSR count). The van der Waals surface area contributed by atoms with Gasteiger partial charge in [-0.25, -0.2) is 4.79 Å². The van der Waals surface area contributed by atoms with Crippen molar-refractivity contribution in [3.63, 3.8) is 0 Å². The summed E-state index contributed by atoms with van der Waals surface area (Å²) >= 11 is 0. The Labute approximate surface area is 108 Å². The number of rotatable bonds is 4. The third kappa shape index (κ3) is 3.45. The molecular weight excluding hydrogens is 232 g/mol. The summed E-state index contributed by atoms with van der Waals surface area (Å²) in [5.74, 6) is -0.823. The van der Waals surface area contributed by atoms with E-state index in [-0.39, 0.29) is 11.8 Å². The largest absolute Gasteiger partial charge is 0.480 e. The summed E-state index contributed by atoms with van der Waals surface area (Å²) in [6.07, 6.45) is 2.29. The molecule has 0 spiro atoms. The highest BCUT2D eigenvalue weighted by atomic mass is 16.4. The smallest absolute Gasteiger partial charge is 0.326 e. The van der Waals surface area contributed by atoms with Crippen LogP contribution in [0.3, 0.4) is 0 Å². The number of hydrogen-bond acceptors (Lipinski definition) is 3. The van der Waals surface area contributed by atoms with Crippen molar-refractivity contribution in [1.29, 1.82) is 0 Å². The van der Waals surface area contributed by atoms with Crippen molar-refractivity contribution in [1.82, 2.24) is 4.90 Å². The van der Waals surface area contributed by atoms with Crippen LogP contribution in [0.25, 0.3) is 0 Å². The summed E-state index contributed by atoms with van der Waals surface area (Å²) in [5.41, 5.74) is 5.87. The first-order valence-corrected chi connectivity index (χ1v) is 6.63. The van der Waals surface area contributed by atoms with Gasteiger partial charge in [0, 0.05) is 6.54 Å². The fourth-order valence-corrected chi connectivity index (χ4v) is 2.63. The van der Waals surface area contributed by atoms with E-state index < -0.39 is 18.1 Å². The molecule has 1 aliphatic heterocycles. The number of nitrogens with two attached hydrogens (primary N) is 1. The molecule has 0 aromatic heterocycles. The lowest BCUT2D eigenvalue weighted by atomic mass is 9.89. The molecule has 1 amide bonds. The highest BCUT2D eigenvalue weighted by molar-refractivity contribution is 5.87. The third-order valence-electron chi connectivity index (χ3n) is 3.51.